The van der Waals surface area contributed by atoms with Gasteiger partial charge in [0, 0.05) is 12.1 Å². The molecule has 0 aromatic heterocycles. The number of sulfonamides is 1. The summed E-state index contributed by atoms with van der Waals surface area (Å²) in [6.45, 7) is 1.56. The Morgan fingerprint density at radius 2 is 1.95 bits per heavy atom. The highest BCUT2D eigenvalue weighted by atomic mass is 32.2. The molecular weight excluding hydrogens is 296 g/mol. The predicted molar refractivity (Wildman–Crippen MR) is 75.6 cm³/mol. The van der Waals surface area contributed by atoms with E-state index >= 15 is 0 Å². The number of nitrogens with zero attached hydrogens (tertiary/aromatic N) is 2. The summed E-state index contributed by atoms with van der Waals surface area (Å²) < 4.78 is 27.9. The zero-order valence-electron chi connectivity index (χ0n) is 10.9. The largest absolute Gasteiger partial charge is 0.290 e. The number of rotatable bonds is 3. The van der Waals surface area contributed by atoms with Crippen LogP contribution in [0.5, 0.6) is 0 Å². The number of carbonyl (C=O) groups excluding carboxylic acids is 1. The molecule has 0 unspecified atom stereocenters. The molecule has 0 atom stereocenters. The van der Waals surface area contributed by atoms with Crippen LogP contribution >= 0.6 is 0 Å². The number of hydrogen-bond acceptors (Lipinski definition) is 5. The molecule has 0 bridgehead atoms. The minimum Gasteiger partial charge on any atom is -0.290 e. The molecule has 0 fully saturated rings. The third-order valence-electron chi connectivity index (χ3n) is 2.71. The first kappa shape index (κ1) is 14.8. The van der Waals surface area contributed by atoms with E-state index in [1.807, 2.05) is 0 Å². The second-order valence-electron chi connectivity index (χ2n) is 4.27. The first-order chi connectivity index (χ1) is 9.79. The molecule has 2 rings (SSSR count). The summed E-state index contributed by atoms with van der Waals surface area (Å²) in [5.74, 6) is -0.251. The molecule has 0 amide bonds. The maximum absolute atomic E-state index is 12.1. The summed E-state index contributed by atoms with van der Waals surface area (Å²) in [5, 5.41) is 10.7. The molecule has 1 aliphatic rings. The highest BCUT2D eigenvalue weighted by Gasteiger charge is 2.19. The van der Waals surface area contributed by atoms with E-state index < -0.39 is 14.9 Å². The maximum atomic E-state index is 12.1. The lowest BCUT2D eigenvalue weighted by atomic mass is 10.1. The fourth-order valence-electron chi connectivity index (χ4n) is 1.67. The van der Waals surface area contributed by atoms with E-state index in [0.717, 1.165) is 6.07 Å². The van der Waals surface area contributed by atoms with Crippen LogP contribution in [-0.4, -0.2) is 24.8 Å². The van der Waals surface area contributed by atoms with Gasteiger partial charge in [-0.15, -0.1) is 0 Å². The molecule has 0 radical (unpaired) electrons. The molecule has 108 valence electrons. The third kappa shape index (κ3) is 3.29. The van der Waals surface area contributed by atoms with Crippen molar-refractivity contribution in [1.29, 1.82) is 0 Å². The Morgan fingerprint density at radius 1 is 1.24 bits per heavy atom. The SMILES string of the molecule is CC1=CC(=O)C=CC1=NS(=O)(=O)c1cccc([N+](=O)[O-])c1. The Hall–Kier alpha value is -2.61. The number of carbonyl (C=O) groups is 1. The Labute approximate surface area is 120 Å². The van der Waals surface area contributed by atoms with E-state index in [9.17, 15) is 23.3 Å². The van der Waals surface area contributed by atoms with E-state index in [4.69, 9.17) is 0 Å². The van der Waals surface area contributed by atoms with E-state index in [1.54, 1.807) is 6.92 Å². The lowest BCUT2D eigenvalue weighted by Gasteiger charge is -2.06. The minimum absolute atomic E-state index is 0.126. The highest BCUT2D eigenvalue weighted by Crippen LogP contribution is 2.20. The maximum Gasteiger partial charge on any atom is 0.283 e. The van der Waals surface area contributed by atoms with Crippen LogP contribution in [0.3, 0.4) is 0 Å². The Kier molecular flexibility index (Phi) is 3.81. The van der Waals surface area contributed by atoms with Crippen molar-refractivity contribution in [3.05, 3.63) is 58.2 Å². The van der Waals surface area contributed by atoms with Gasteiger partial charge in [-0.05, 0) is 36.8 Å². The van der Waals surface area contributed by atoms with Crippen LogP contribution in [0.2, 0.25) is 0 Å². The summed E-state index contributed by atoms with van der Waals surface area (Å²) in [7, 11) is -4.09. The molecule has 1 aromatic carbocycles. The van der Waals surface area contributed by atoms with Crippen LogP contribution in [0.15, 0.2) is 57.4 Å². The van der Waals surface area contributed by atoms with Crippen LogP contribution in [0.4, 0.5) is 5.69 Å². The van der Waals surface area contributed by atoms with Gasteiger partial charge in [-0.2, -0.15) is 12.8 Å². The fourth-order valence-corrected chi connectivity index (χ4v) is 2.76. The average molecular weight is 306 g/mol. The van der Waals surface area contributed by atoms with Crippen LogP contribution in [0.1, 0.15) is 6.92 Å². The number of ketones is 1. The Morgan fingerprint density at radius 3 is 2.57 bits per heavy atom. The van der Waals surface area contributed by atoms with E-state index in [0.29, 0.717) is 5.57 Å². The van der Waals surface area contributed by atoms with Gasteiger partial charge in [0.2, 0.25) is 0 Å². The Balaban J connectivity index is 2.46. The zero-order valence-corrected chi connectivity index (χ0v) is 11.7. The first-order valence-corrected chi connectivity index (χ1v) is 7.24. The van der Waals surface area contributed by atoms with Crippen LogP contribution in [-0.2, 0) is 14.8 Å². The molecule has 0 saturated carbocycles. The summed E-state index contributed by atoms with van der Waals surface area (Å²) in [6.07, 6.45) is 3.77. The van der Waals surface area contributed by atoms with Gasteiger partial charge in [-0.1, -0.05) is 6.07 Å². The number of benzene rings is 1. The number of non-ortho nitro benzene ring substituents is 1. The van der Waals surface area contributed by atoms with Gasteiger partial charge in [0.05, 0.1) is 15.5 Å². The van der Waals surface area contributed by atoms with Gasteiger partial charge in [0.25, 0.3) is 15.7 Å². The normalized spacial score (nSPS) is 16.9. The number of hydrogen-bond donors (Lipinski definition) is 0. The number of nitro groups is 1. The van der Waals surface area contributed by atoms with Gasteiger partial charge in [0.1, 0.15) is 0 Å². The first-order valence-electron chi connectivity index (χ1n) is 5.80. The topological polar surface area (TPSA) is 107 Å². The van der Waals surface area contributed by atoms with Gasteiger partial charge in [-0.25, -0.2) is 0 Å². The van der Waals surface area contributed by atoms with Crippen molar-refractivity contribution < 1.29 is 18.1 Å². The van der Waals surface area contributed by atoms with Gasteiger partial charge in [0.15, 0.2) is 5.78 Å². The third-order valence-corrected chi connectivity index (χ3v) is 4.00. The van der Waals surface area contributed by atoms with E-state index in [1.165, 1.54) is 36.4 Å². The predicted octanol–water partition coefficient (Wildman–Crippen LogP) is 1.81. The summed E-state index contributed by atoms with van der Waals surface area (Å²) in [6, 6.07) is 4.63. The lowest BCUT2D eigenvalue weighted by molar-refractivity contribution is -0.385. The molecule has 1 aromatic rings. The average Bonchev–Trinajstić information content (AvgIpc) is 2.42. The van der Waals surface area contributed by atoms with Crippen molar-refractivity contribution in [2.24, 2.45) is 4.40 Å². The monoisotopic (exact) mass is 306 g/mol. The van der Waals surface area contributed by atoms with Crippen molar-refractivity contribution in [3.63, 3.8) is 0 Å². The number of nitro benzene ring substituents is 1. The van der Waals surface area contributed by atoms with Gasteiger partial charge in [-0.3, -0.25) is 14.9 Å². The second kappa shape index (κ2) is 5.41. The minimum atomic E-state index is -4.09. The molecule has 0 N–H and O–H groups in total. The van der Waals surface area contributed by atoms with Crippen LogP contribution in [0, 0.1) is 10.1 Å². The van der Waals surface area contributed by atoms with Crippen molar-refractivity contribution in [2.75, 3.05) is 0 Å². The van der Waals surface area contributed by atoms with Gasteiger partial charge < -0.3 is 0 Å². The summed E-state index contributed by atoms with van der Waals surface area (Å²) in [4.78, 5) is 20.8. The van der Waals surface area contributed by atoms with Crippen LogP contribution < -0.4 is 0 Å². The molecular formula is C13H10N2O5S. The standard InChI is InChI=1S/C13H10N2O5S/c1-9-7-11(16)5-6-13(9)14-21(19,20)12-4-2-3-10(8-12)15(17)18/h2-8H,1H3. The van der Waals surface area contributed by atoms with Crippen molar-refractivity contribution in [2.45, 2.75) is 11.8 Å². The molecule has 0 aliphatic heterocycles. The van der Waals surface area contributed by atoms with Crippen molar-refractivity contribution in [3.8, 4) is 0 Å². The molecule has 0 heterocycles. The molecule has 7 nitrogen and oxygen atoms in total. The lowest BCUT2D eigenvalue weighted by Crippen LogP contribution is -2.09. The van der Waals surface area contributed by atoms with Crippen molar-refractivity contribution >= 4 is 27.2 Å². The molecule has 0 spiro atoms. The molecule has 0 saturated heterocycles. The molecule has 8 heteroatoms. The highest BCUT2D eigenvalue weighted by molar-refractivity contribution is 7.90. The van der Waals surface area contributed by atoms with E-state index in [-0.39, 0.29) is 22.1 Å². The van der Waals surface area contributed by atoms with E-state index in [2.05, 4.69) is 4.40 Å². The second-order valence-corrected chi connectivity index (χ2v) is 5.87. The quantitative estimate of drug-likeness (QED) is 0.481. The Bertz CT molecular complexity index is 819. The summed E-state index contributed by atoms with van der Waals surface area (Å²) in [5.41, 5.74) is 0.204. The summed E-state index contributed by atoms with van der Waals surface area (Å²) >= 11 is 0. The molecule has 1 aliphatic carbocycles. The van der Waals surface area contributed by atoms with Gasteiger partial charge >= 0.3 is 0 Å². The number of allylic oxidation sites excluding steroid dienone is 4. The molecule has 21 heavy (non-hydrogen) atoms. The zero-order chi connectivity index (χ0) is 15.6. The van der Waals surface area contributed by atoms with Crippen LogP contribution in [0.25, 0.3) is 0 Å². The fraction of sp³-hybridized carbons (Fsp3) is 0.0769. The van der Waals surface area contributed by atoms with Crippen molar-refractivity contribution in [1.82, 2.24) is 0 Å². The smallest absolute Gasteiger partial charge is 0.283 e.